The number of rotatable bonds is 2. The van der Waals surface area contributed by atoms with Crippen molar-refractivity contribution in [2.45, 2.75) is 13.3 Å². The molecule has 0 nitrogen and oxygen atoms in total. The summed E-state index contributed by atoms with van der Waals surface area (Å²) in [7, 11) is 0. The van der Waals surface area contributed by atoms with E-state index in [0.29, 0.717) is 10.0 Å². The van der Waals surface area contributed by atoms with E-state index in [9.17, 15) is 0 Å². The van der Waals surface area contributed by atoms with Gasteiger partial charge in [0.25, 0.3) is 0 Å². The minimum Gasteiger partial charge on any atom is -0.144 e. The van der Waals surface area contributed by atoms with E-state index in [2.05, 4.69) is 18.4 Å². The molecule has 0 aliphatic heterocycles. The Labute approximate surface area is 103 Å². The smallest absolute Gasteiger partial charge is 0.0427 e. The quantitative estimate of drug-likeness (QED) is 0.686. The highest BCUT2D eigenvalue weighted by molar-refractivity contribution is 7.13. The van der Waals surface area contributed by atoms with E-state index in [0.717, 1.165) is 12.0 Å². The molecule has 0 amide bonds. The Kier molecular flexibility index (Phi) is 3.35. The molecule has 0 saturated carbocycles. The van der Waals surface area contributed by atoms with Crippen molar-refractivity contribution in [3.05, 3.63) is 45.3 Å². The minimum absolute atomic E-state index is 0.684. The van der Waals surface area contributed by atoms with Gasteiger partial charge in [-0.2, -0.15) is 0 Å². The SMILES string of the molecule is CCc1csc(-c2cc(Cl)cc(Cl)c2)c1. The second-order valence-corrected chi connectivity index (χ2v) is 5.11. The molecule has 15 heavy (non-hydrogen) atoms. The maximum Gasteiger partial charge on any atom is 0.0427 e. The second kappa shape index (κ2) is 4.56. The molecule has 1 aromatic carbocycles. The van der Waals surface area contributed by atoms with Crippen LogP contribution >= 0.6 is 34.5 Å². The molecule has 0 atom stereocenters. The fraction of sp³-hybridized carbons (Fsp3) is 0.167. The molecule has 0 aliphatic rings. The van der Waals surface area contributed by atoms with Crippen molar-refractivity contribution < 1.29 is 0 Å². The molecule has 0 fully saturated rings. The van der Waals surface area contributed by atoms with Gasteiger partial charge in [-0.1, -0.05) is 30.1 Å². The van der Waals surface area contributed by atoms with E-state index in [-0.39, 0.29) is 0 Å². The fourth-order valence-electron chi connectivity index (χ4n) is 1.41. The van der Waals surface area contributed by atoms with Crippen molar-refractivity contribution in [1.29, 1.82) is 0 Å². The normalized spacial score (nSPS) is 10.6. The molecule has 1 aromatic heterocycles. The van der Waals surface area contributed by atoms with Crippen LogP contribution in [0.25, 0.3) is 10.4 Å². The lowest BCUT2D eigenvalue weighted by molar-refractivity contribution is 1.16. The van der Waals surface area contributed by atoms with Gasteiger partial charge in [-0.25, -0.2) is 0 Å². The van der Waals surface area contributed by atoms with Crippen LogP contribution in [0.3, 0.4) is 0 Å². The van der Waals surface area contributed by atoms with Gasteiger partial charge >= 0.3 is 0 Å². The standard InChI is InChI=1S/C12H10Cl2S/c1-2-8-3-12(15-7-8)9-4-10(13)6-11(14)5-9/h3-7H,2H2,1H3. The van der Waals surface area contributed by atoms with Crippen molar-refractivity contribution in [1.82, 2.24) is 0 Å². The second-order valence-electron chi connectivity index (χ2n) is 3.33. The lowest BCUT2D eigenvalue weighted by Gasteiger charge is -1.99. The molecule has 0 bridgehead atoms. The molecule has 78 valence electrons. The maximum absolute atomic E-state index is 5.96. The van der Waals surface area contributed by atoms with E-state index in [1.807, 2.05) is 12.1 Å². The van der Waals surface area contributed by atoms with Crippen LogP contribution in [0, 0.1) is 0 Å². The Morgan fingerprint density at radius 2 is 1.73 bits per heavy atom. The molecule has 0 N–H and O–H groups in total. The van der Waals surface area contributed by atoms with Crippen LogP contribution in [0.2, 0.25) is 10.0 Å². The highest BCUT2D eigenvalue weighted by atomic mass is 35.5. The molecule has 0 aliphatic carbocycles. The molecule has 0 spiro atoms. The van der Waals surface area contributed by atoms with Crippen LogP contribution < -0.4 is 0 Å². The van der Waals surface area contributed by atoms with E-state index in [1.54, 1.807) is 17.4 Å². The molecule has 0 unspecified atom stereocenters. The van der Waals surface area contributed by atoms with Crippen molar-refractivity contribution >= 4 is 34.5 Å². The summed E-state index contributed by atoms with van der Waals surface area (Å²) in [6.45, 7) is 2.15. The Balaban J connectivity index is 2.44. The van der Waals surface area contributed by atoms with Crippen molar-refractivity contribution in [2.24, 2.45) is 0 Å². The van der Waals surface area contributed by atoms with E-state index in [1.165, 1.54) is 10.4 Å². The first-order valence-electron chi connectivity index (χ1n) is 4.73. The molecule has 1 heterocycles. The van der Waals surface area contributed by atoms with E-state index >= 15 is 0 Å². The number of hydrogen-bond donors (Lipinski definition) is 0. The molecule has 2 aromatic rings. The van der Waals surface area contributed by atoms with E-state index < -0.39 is 0 Å². The molecular weight excluding hydrogens is 247 g/mol. The number of aryl methyl sites for hydroxylation is 1. The van der Waals surface area contributed by atoms with Gasteiger partial charge in [0.05, 0.1) is 0 Å². The van der Waals surface area contributed by atoms with Gasteiger partial charge < -0.3 is 0 Å². The first kappa shape index (κ1) is 11.0. The van der Waals surface area contributed by atoms with Crippen molar-refractivity contribution in [3.8, 4) is 10.4 Å². The number of thiophene rings is 1. The van der Waals surface area contributed by atoms with Crippen molar-refractivity contribution in [3.63, 3.8) is 0 Å². The molecule has 2 rings (SSSR count). The summed E-state index contributed by atoms with van der Waals surface area (Å²) in [6, 6.07) is 7.82. The summed E-state index contributed by atoms with van der Waals surface area (Å²) in [5, 5.41) is 3.54. The first-order chi connectivity index (χ1) is 7.19. The van der Waals surface area contributed by atoms with Gasteiger partial charge in [0.1, 0.15) is 0 Å². The van der Waals surface area contributed by atoms with Crippen LogP contribution in [-0.4, -0.2) is 0 Å². The lowest BCUT2D eigenvalue weighted by Crippen LogP contribution is -1.74. The molecular formula is C12H10Cl2S. The maximum atomic E-state index is 5.96. The van der Waals surface area contributed by atoms with Gasteiger partial charge in [0, 0.05) is 14.9 Å². The van der Waals surface area contributed by atoms with Gasteiger partial charge in [-0.15, -0.1) is 11.3 Å². The molecule has 0 radical (unpaired) electrons. The Morgan fingerprint density at radius 1 is 1.07 bits per heavy atom. The lowest BCUT2D eigenvalue weighted by atomic mass is 10.1. The van der Waals surface area contributed by atoms with Gasteiger partial charge in [-0.05, 0) is 47.2 Å². The predicted octanol–water partition coefficient (Wildman–Crippen LogP) is 5.28. The average Bonchev–Trinajstić information content (AvgIpc) is 2.64. The largest absolute Gasteiger partial charge is 0.144 e. The number of hydrogen-bond acceptors (Lipinski definition) is 1. The summed E-state index contributed by atoms with van der Waals surface area (Å²) in [5.41, 5.74) is 2.45. The van der Waals surface area contributed by atoms with Crippen LogP contribution in [0.5, 0.6) is 0 Å². The summed E-state index contributed by atoms with van der Waals surface area (Å²) in [5.74, 6) is 0. The van der Waals surface area contributed by atoms with Crippen LogP contribution in [0.4, 0.5) is 0 Å². The monoisotopic (exact) mass is 256 g/mol. The highest BCUT2D eigenvalue weighted by Gasteiger charge is 2.04. The number of benzene rings is 1. The predicted molar refractivity (Wildman–Crippen MR) is 69.2 cm³/mol. The first-order valence-corrected chi connectivity index (χ1v) is 6.36. The zero-order chi connectivity index (χ0) is 10.8. The zero-order valence-electron chi connectivity index (χ0n) is 8.26. The summed E-state index contributed by atoms with van der Waals surface area (Å²) in [6.07, 6.45) is 1.06. The van der Waals surface area contributed by atoms with E-state index in [4.69, 9.17) is 23.2 Å². The average molecular weight is 257 g/mol. The topological polar surface area (TPSA) is 0 Å². The van der Waals surface area contributed by atoms with Gasteiger partial charge in [-0.3, -0.25) is 0 Å². The highest BCUT2D eigenvalue weighted by Crippen LogP contribution is 2.31. The summed E-state index contributed by atoms with van der Waals surface area (Å²) >= 11 is 13.6. The Hall–Kier alpha value is -0.500. The van der Waals surface area contributed by atoms with Gasteiger partial charge in [0.2, 0.25) is 0 Å². The third-order valence-corrected chi connectivity index (χ3v) is 3.67. The number of halogens is 2. The van der Waals surface area contributed by atoms with Gasteiger partial charge in [0.15, 0.2) is 0 Å². The summed E-state index contributed by atoms with van der Waals surface area (Å²) < 4.78 is 0. The molecule has 0 saturated heterocycles. The van der Waals surface area contributed by atoms with Crippen LogP contribution in [0.1, 0.15) is 12.5 Å². The molecule has 3 heteroatoms. The third-order valence-electron chi connectivity index (χ3n) is 2.21. The Bertz CT molecular complexity index is 454. The zero-order valence-corrected chi connectivity index (χ0v) is 10.6. The third kappa shape index (κ3) is 2.54. The van der Waals surface area contributed by atoms with Crippen molar-refractivity contribution in [2.75, 3.05) is 0 Å². The fourth-order valence-corrected chi connectivity index (χ4v) is 2.92. The summed E-state index contributed by atoms with van der Waals surface area (Å²) in [4.78, 5) is 1.22. The van der Waals surface area contributed by atoms with Crippen LogP contribution in [-0.2, 0) is 6.42 Å². The Morgan fingerprint density at radius 3 is 2.27 bits per heavy atom. The van der Waals surface area contributed by atoms with Crippen LogP contribution in [0.15, 0.2) is 29.6 Å². The minimum atomic E-state index is 0.684.